The van der Waals surface area contributed by atoms with Crippen LogP contribution >= 0.6 is 0 Å². The van der Waals surface area contributed by atoms with Crippen molar-refractivity contribution in [1.82, 2.24) is 10.4 Å². The maximum Gasteiger partial charge on any atom is 0.494 e. The average molecular weight is 390 g/mol. The van der Waals surface area contributed by atoms with Gasteiger partial charge in [-0.15, -0.1) is 0 Å². The summed E-state index contributed by atoms with van der Waals surface area (Å²) in [4.78, 5) is 24.7. The standard InChI is InChI=1S/C20H31BN2O5/c1-9-23(17(25)26-18(2,3)4)22-16(24)14-10-12-15(13-11-14)21-27-19(5,6)20(7,8)28-21/h10-13H,9H2,1-8H3,(H,22,24). The molecule has 0 aliphatic carbocycles. The van der Waals surface area contributed by atoms with Crippen LogP contribution in [0, 0.1) is 0 Å². The summed E-state index contributed by atoms with van der Waals surface area (Å²) in [6, 6.07) is 6.94. The zero-order chi connectivity index (χ0) is 21.3. The quantitative estimate of drug-likeness (QED) is 0.635. The number of benzene rings is 1. The molecule has 0 unspecified atom stereocenters. The number of nitrogens with zero attached hydrogens (tertiary/aromatic N) is 1. The van der Waals surface area contributed by atoms with Crippen LogP contribution in [0.1, 0.15) is 65.7 Å². The van der Waals surface area contributed by atoms with Crippen molar-refractivity contribution in [2.24, 2.45) is 0 Å². The topological polar surface area (TPSA) is 77.1 Å². The SMILES string of the molecule is CCN(NC(=O)c1ccc(B2OC(C)(C)C(C)(C)O2)cc1)C(=O)OC(C)(C)C. The molecular formula is C20H31BN2O5. The fourth-order valence-electron chi connectivity index (χ4n) is 2.53. The highest BCUT2D eigenvalue weighted by atomic mass is 16.7. The molecule has 28 heavy (non-hydrogen) atoms. The maximum atomic E-state index is 12.5. The van der Waals surface area contributed by atoms with Gasteiger partial charge >= 0.3 is 13.2 Å². The zero-order valence-corrected chi connectivity index (χ0v) is 18.1. The molecule has 0 aromatic heterocycles. The summed E-state index contributed by atoms with van der Waals surface area (Å²) >= 11 is 0. The van der Waals surface area contributed by atoms with Crippen molar-refractivity contribution in [2.45, 2.75) is 72.2 Å². The van der Waals surface area contributed by atoms with E-state index in [-0.39, 0.29) is 6.54 Å². The number of nitrogens with one attached hydrogen (secondary N) is 1. The van der Waals surface area contributed by atoms with E-state index in [0.29, 0.717) is 5.56 Å². The summed E-state index contributed by atoms with van der Waals surface area (Å²) in [6.07, 6.45) is -0.600. The molecule has 7 nitrogen and oxygen atoms in total. The minimum atomic E-state index is -0.639. The van der Waals surface area contributed by atoms with Gasteiger partial charge in [-0.2, -0.15) is 0 Å². The van der Waals surface area contributed by atoms with Gasteiger partial charge in [0.05, 0.1) is 11.2 Å². The Balaban J connectivity index is 2.05. The van der Waals surface area contributed by atoms with E-state index in [0.717, 1.165) is 10.5 Å². The van der Waals surface area contributed by atoms with Gasteiger partial charge in [-0.3, -0.25) is 10.2 Å². The molecule has 0 atom stereocenters. The second-order valence-electron chi connectivity index (χ2n) is 8.88. The molecule has 1 heterocycles. The summed E-state index contributed by atoms with van der Waals surface area (Å²) < 4.78 is 17.3. The molecule has 1 aliphatic rings. The summed E-state index contributed by atoms with van der Waals surface area (Å²) in [6.45, 7) is 15.3. The molecule has 1 N–H and O–H groups in total. The molecule has 154 valence electrons. The van der Waals surface area contributed by atoms with E-state index in [4.69, 9.17) is 14.0 Å². The number of hydrogen-bond acceptors (Lipinski definition) is 5. The van der Waals surface area contributed by atoms with Crippen LogP contribution in [0.15, 0.2) is 24.3 Å². The van der Waals surface area contributed by atoms with E-state index < -0.39 is 35.9 Å². The molecule has 0 saturated carbocycles. The number of hydrogen-bond donors (Lipinski definition) is 1. The highest BCUT2D eigenvalue weighted by molar-refractivity contribution is 6.62. The number of amides is 2. The van der Waals surface area contributed by atoms with Gasteiger partial charge in [0.1, 0.15) is 5.60 Å². The molecule has 2 rings (SSSR count). The lowest BCUT2D eigenvalue weighted by Gasteiger charge is -2.32. The highest BCUT2D eigenvalue weighted by Gasteiger charge is 2.51. The van der Waals surface area contributed by atoms with Crippen molar-refractivity contribution in [3.63, 3.8) is 0 Å². The van der Waals surface area contributed by atoms with Crippen LogP contribution in [0.25, 0.3) is 0 Å². The monoisotopic (exact) mass is 390 g/mol. The van der Waals surface area contributed by atoms with Gasteiger partial charge in [0.25, 0.3) is 5.91 Å². The number of ether oxygens (including phenoxy) is 1. The van der Waals surface area contributed by atoms with Crippen molar-refractivity contribution in [2.75, 3.05) is 6.54 Å². The van der Waals surface area contributed by atoms with Gasteiger partial charge in [-0.1, -0.05) is 12.1 Å². The first-order valence-electron chi connectivity index (χ1n) is 9.53. The maximum absolute atomic E-state index is 12.5. The number of rotatable bonds is 3. The molecule has 8 heteroatoms. The minimum absolute atomic E-state index is 0.284. The van der Waals surface area contributed by atoms with E-state index in [2.05, 4.69) is 5.43 Å². The lowest BCUT2D eigenvalue weighted by atomic mass is 9.79. The third kappa shape index (κ3) is 5.05. The van der Waals surface area contributed by atoms with E-state index >= 15 is 0 Å². The van der Waals surface area contributed by atoms with Crippen LogP contribution in [0.4, 0.5) is 4.79 Å². The fourth-order valence-corrected chi connectivity index (χ4v) is 2.53. The predicted molar refractivity (Wildman–Crippen MR) is 108 cm³/mol. The van der Waals surface area contributed by atoms with Crippen molar-refractivity contribution in [1.29, 1.82) is 0 Å². The summed E-state index contributed by atoms with van der Waals surface area (Å²) in [5.41, 5.74) is 2.33. The van der Waals surface area contributed by atoms with Gasteiger partial charge in [0, 0.05) is 12.1 Å². The summed E-state index contributed by atoms with van der Waals surface area (Å²) in [7, 11) is -0.490. The van der Waals surface area contributed by atoms with Crippen molar-refractivity contribution in [3.05, 3.63) is 29.8 Å². The lowest BCUT2D eigenvalue weighted by molar-refractivity contribution is 0.00578. The second-order valence-corrected chi connectivity index (χ2v) is 8.88. The van der Waals surface area contributed by atoms with E-state index in [1.807, 2.05) is 27.7 Å². The molecule has 0 bridgehead atoms. The molecule has 1 aromatic rings. The van der Waals surface area contributed by atoms with Crippen LogP contribution in [0.3, 0.4) is 0 Å². The Bertz CT molecular complexity index is 709. The second kappa shape index (κ2) is 7.76. The number of carbonyl (C=O) groups is 2. The van der Waals surface area contributed by atoms with Crippen LogP contribution in [-0.4, -0.2) is 47.5 Å². The first-order valence-corrected chi connectivity index (χ1v) is 9.53. The van der Waals surface area contributed by atoms with E-state index in [9.17, 15) is 9.59 Å². The van der Waals surface area contributed by atoms with Gasteiger partial charge in [0.2, 0.25) is 0 Å². The van der Waals surface area contributed by atoms with Crippen LogP contribution in [-0.2, 0) is 14.0 Å². The third-order valence-electron chi connectivity index (χ3n) is 4.86. The zero-order valence-electron chi connectivity index (χ0n) is 18.1. The Morgan fingerprint density at radius 3 is 2.00 bits per heavy atom. The predicted octanol–water partition coefficient (Wildman–Crippen LogP) is 2.89. The Hall–Kier alpha value is -2.06. The number of carbonyl (C=O) groups excluding carboxylic acids is 2. The molecule has 0 radical (unpaired) electrons. The first-order chi connectivity index (χ1) is 12.8. The van der Waals surface area contributed by atoms with Crippen molar-refractivity contribution in [3.8, 4) is 0 Å². The fraction of sp³-hybridized carbons (Fsp3) is 0.600. The normalized spacial score (nSPS) is 17.9. The van der Waals surface area contributed by atoms with Crippen LogP contribution in [0.2, 0.25) is 0 Å². The van der Waals surface area contributed by atoms with Gasteiger partial charge < -0.3 is 14.0 Å². The smallest absolute Gasteiger partial charge is 0.442 e. The van der Waals surface area contributed by atoms with E-state index in [1.54, 1.807) is 52.0 Å². The Morgan fingerprint density at radius 1 is 1.07 bits per heavy atom. The highest BCUT2D eigenvalue weighted by Crippen LogP contribution is 2.36. The summed E-state index contributed by atoms with van der Waals surface area (Å²) in [5, 5.41) is 1.15. The molecule has 1 fully saturated rings. The molecule has 1 saturated heterocycles. The largest absolute Gasteiger partial charge is 0.494 e. The molecular weight excluding hydrogens is 359 g/mol. The van der Waals surface area contributed by atoms with Crippen LogP contribution < -0.4 is 10.9 Å². The number of hydrazine groups is 1. The van der Waals surface area contributed by atoms with Crippen LogP contribution in [0.5, 0.6) is 0 Å². The molecule has 1 aromatic carbocycles. The van der Waals surface area contributed by atoms with Crippen molar-refractivity contribution >= 4 is 24.6 Å². The molecule has 2 amide bonds. The molecule has 1 aliphatic heterocycles. The van der Waals surface area contributed by atoms with Gasteiger partial charge in [-0.05, 0) is 73.0 Å². The third-order valence-corrected chi connectivity index (χ3v) is 4.86. The Morgan fingerprint density at radius 2 is 1.57 bits per heavy atom. The van der Waals surface area contributed by atoms with Gasteiger partial charge in [0.15, 0.2) is 0 Å². The molecule has 0 spiro atoms. The van der Waals surface area contributed by atoms with E-state index in [1.165, 1.54) is 0 Å². The Kier molecular flexibility index (Phi) is 6.16. The minimum Gasteiger partial charge on any atom is -0.442 e. The lowest BCUT2D eigenvalue weighted by Crippen LogP contribution is -2.48. The van der Waals surface area contributed by atoms with Gasteiger partial charge in [-0.25, -0.2) is 9.80 Å². The summed E-state index contributed by atoms with van der Waals surface area (Å²) in [5.74, 6) is -0.395. The average Bonchev–Trinajstić information content (AvgIpc) is 2.78. The first kappa shape index (κ1) is 22.2. The Labute approximate surface area is 167 Å². The van der Waals surface area contributed by atoms with Crippen molar-refractivity contribution < 1.29 is 23.6 Å².